The van der Waals surface area contributed by atoms with Gasteiger partial charge in [0.1, 0.15) is 6.61 Å². The van der Waals surface area contributed by atoms with Crippen LogP contribution in [0.25, 0.3) is 0 Å². The fourth-order valence-electron chi connectivity index (χ4n) is 1.14. The fraction of sp³-hybridized carbons (Fsp3) is 0.417. The van der Waals surface area contributed by atoms with Crippen LogP contribution in [0.15, 0.2) is 30.3 Å². The van der Waals surface area contributed by atoms with Crippen molar-refractivity contribution >= 4 is 18.6 Å². The average Bonchev–Trinajstić information content (AvgIpc) is 2.25. The van der Waals surface area contributed by atoms with Gasteiger partial charge in [-0.2, -0.15) is 12.6 Å². The van der Waals surface area contributed by atoms with E-state index in [0.29, 0.717) is 13.0 Å². The molecular weight excluding hydrogens is 208 g/mol. The molecule has 0 aliphatic heterocycles. The number of carbonyl (C=O) groups excluding carboxylic acids is 1. The molecule has 0 N–H and O–H groups in total. The zero-order valence-electron chi connectivity index (χ0n) is 8.85. The van der Waals surface area contributed by atoms with Crippen LogP contribution in [-0.4, -0.2) is 11.2 Å². The first-order valence-corrected chi connectivity index (χ1v) is 5.57. The van der Waals surface area contributed by atoms with Crippen molar-refractivity contribution in [3.8, 4) is 0 Å². The third-order valence-corrected chi connectivity index (χ3v) is 2.27. The molecule has 1 aromatic carbocycles. The van der Waals surface area contributed by atoms with Crippen LogP contribution in [0.5, 0.6) is 0 Å². The quantitative estimate of drug-likeness (QED) is 0.615. The lowest BCUT2D eigenvalue weighted by molar-refractivity contribution is -0.145. The molecule has 0 radical (unpaired) electrons. The summed E-state index contributed by atoms with van der Waals surface area (Å²) in [5, 5.41) is 0.245. The van der Waals surface area contributed by atoms with Crippen molar-refractivity contribution in [2.24, 2.45) is 0 Å². The highest BCUT2D eigenvalue weighted by Crippen LogP contribution is 2.06. The maximum absolute atomic E-state index is 11.3. The van der Waals surface area contributed by atoms with Gasteiger partial charge >= 0.3 is 5.97 Å². The Morgan fingerprint density at radius 2 is 2.07 bits per heavy atom. The number of benzene rings is 1. The monoisotopic (exact) mass is 224 g/mol. The van der Waals surface area contributed by atoms with Crippen molar-refractivity contribution in [1.82, 2.24) is 0 Å². The highest BCUT2D eigenvalue weighted by atomic mass is 32.1. The molecule has 15 heavy (non-hydrogen) atoms. The van der Waals surface area contributed by atoms with Crippen molar-refractivity contribution in [3.63, 3.8) is 0 Å². The number of rotatable bonds is 5. The van der Waals surface area contributed by atoms with E-state index < -0.39 is 0 Å². The van der Waals surface area contributed by atoms with Crippen LogP contribution in [-0.2, 0) is 16.1 Å². The average molecular weight is 224 g/mol. The summed E-state index contributed by atoms with van der Waals surface area (Å²) < 4.78 is 5.11. The lowest BCUT2D eigenvalue weighted by Gasteiger charge is -2.05. The van der Waals surface area contributed by atoms with E-state index in [-0.39, 0.29) is 11.2 Å². The summed E-state index contributed by atoms with van der Waals surface area (Å²) in [6.45, 7) is 2.33. The SMILES string of the molecule is CC(S)CCC(=O)OCc1ccccc1. The van der Waals surface area contributed by atoms with E-state index in [0.717, 1.165) is 12.0 Å². The minimum atomic E-state index is -0.153. The van der Waals surface area contributed by atoms with Gasteiger partial charge in [0, 0.05) is 6.42 Å². The van der Waals surface area contributed by atoms with Crippen LogP contribution < -0.4 is 0 Å². The summed E-state index contributed by atoms with van der Waals surface area (Å²) in [5.41, 5.74) is 1.02. The van der Waals surface area contributed by atoms with E-state index >= 15 is 0 Å². The number of esters is 1. The second kappa shape index (κ2) is 6.51. The minimum Gasteiger partial charge on any atom is -0.461 e. The predicted molar refractivity (Wildman–Crippen MR) is 63.9 cm³/mol. The number of thiol groups is 1. The van der Waals surface area contributed by atoms with E-state index in [9.17, 15) is 4.79 Å². The summed E-state index contributed by atoms with van der Waals surface area (Å²) in [6.07, 6.45) is 1.20. The van der Waals surface area contributed by atoms with Crippen LogP contribution in [0.4, 0.5) is 0 Å². The lowest BCUT2D eigenvalue weighted by Crippen LogP contribution is -2.06. The molecule has 0 fully saturated rings. The largest absolute Gasteiger partial charge is 0.461 e. The van der Waals surface area contributed by atoms with Gasteiger partial charge in [0.05, 0.1) is 0 Å². The minimum absolute atomic E-state index is 0.153. The van der Waals surface area contributed by atoms with E-state index in [2.05, 4.69) is 12.6 Å². The number of ether oxygens (including phenoxy) is 1. The summed E-state index contributed by atoms with van der Waals surface area (Å²) in [5.74, 6) is -0.153. The molecule has 0 aliphatic carbocycles. The highest BCUT2D eigenvalue weighted by molar-refractivity contribution is 7.80. The van der Waals surface area contributed by atoms with E-state index in [1.165, 1.54) is 0 Å². The molecule has 0 aliphatic rings. The van der Waals surface area contributed by atoms with Gasteiger partial charge in [-0.25, -0.2) is 0 Å². The molecule has 1 rings (SSSR count). The third-order valence-electron chi connectivity index (χ3n) is 2.01. The van der Waals surface area contributed by atoms with Crippen molar-refractivity contribution < 1.29 is 9.53 Å². The molecule has 0 spiro atoms. The first kappa shape index (κ1) is 12.1. The van der Waals surface area contributed by atoms with Gasteiger partial charge in [-0.3, -0.25) is 4.79 Å². The summed E-state index contributed by atoms with van der Waals surface area (Å²) in [4.78, 5) is 11.3. The maximum Gasteiger partial charge on any atom is 0.306 e. The Morgan fingerprint density at radius 3 is 2.67 bits per heavy atom. The van der Waals surface area contributed by atoms with Gasteiger partial charge in [-0.05, 0) is 17.2 Å². The van der Waals surface area contributed by atoms with Crippen molar-refractivity contribution in [2.45, 2.75) is 31.6 Å². The molecule has 1 atom stereocenters. The fourth-order valence-corrected chi connectivity index (χ4v) is 1.27. The molecular formula is C12H16O2S. The lowest BCUT2D eigenvalue weighted by atomic mass is 10.2. The van der Waals surface area contributed by atoms with Crippen LogP contribution in [0, 0.1) is 0 Å². The van der Waals surface area contributed by atoms with Crippen molar-refractivity contribution in [2.75, 3.05) is 0 Å². The molecule has 0 aromatic heterocycles. The second-order valence-corrected chi connectivity index (χ2v) is 4.42. The maximum atomic E-state index is 11.3. The topological polar surface area (TPSA) is 26.3 Å². The Labute approximate surface area is 96.1 Å². The molecule has 0 bridgehead atoms. The summed E-state index contributed by atoms with van der Waals surface area (Å²) >= 11 is 4.20. The van der Waals surface area contributed by atoms with E-state index in [4.69, 9.17) is 4.74 Å². The molecule has 82 valence electrons. The molecule has 2 nitrogen and oxygen atoms in total. The molecule has 3 heteroatoms. The van der Waals surface area contributed by atoms with Gasteiger partial charge < -0.3 is 4.74 Å². The van der Waals surface area contributed by atoms with Gasteiger partial charge in [0.2, 0.25) is 0 Å². The Balaban J connectivity index is 2.23. The zero-order chi connectivity index (χ0) is 11.1. The van der Waals surface area contributed by atoms with Crippen LogP contribution >= 0.6 is 12.6 Å². The molecule has 1 unspecified atom stereocenters. The van der Waals surface area contributed by atoms with Gasteiger partial charge in [0.25, 0.3) is 0 Å². The molecule has 0 heterocycles. The number of carbonyl (C=O) groups is 1. The summed E-state index contributed by atoms with van der Waals surface area (Å²) in [6, 6.07) is 9.68. The van der Waals surface area contributed by atoms with Crippen LogP contribution in [0.2, 0.25) is 0 Å². The molecule has 0 saturated carbocycles. The van der Waals surface area contributed by atoms with E-state index in [1.807, 2.05) is 37.3 Å². The third kappa shape index (κ3) is 5.47. The van der Waals surface area contributed by atoms with Gasteiger partial charge in [-0.15, -0.1) is 0 Å². The van der Waals surface area contributed by atoms with Crippen LogP contribution in [0.3, 0.4) is 0 Å². The standard InChI is InChI=1S/C12H16O2S/c1-10(15)7-8-12(13)14-9-11-5-3-2-4-6-11/h2-6,10,15H,7-9H2,1H3. The summed E-state index contributed by atoms with van der Waals surface area (Å²) in [7, 11) is 0. The Kier molecular flexibility index (Phi) is 5.26. The predicted octanol–water partition coefficient (Wildman–Crippen LogP) is 2.83. The molecule has 0 saturated heterocycles. The van der Waals surface area contributed by atoms with E-state index in [1.54, 1.807) is 0 Å². The van der Waals surface area contributed by atoms with Crippen molar-refractivity contribution in [3.05, 3.63) is 35.9 Å². The Hall–Kier alpha value is -0.960. The number of hydrogen-bond donors (Lipinski definition) is 1. The Morgan fingerprint density at radius 1 is 1.40 bits per heavy atom. The first-order chi connectivity index (χ1) is 7.18. The molecule has 1 aromatic rings. The van der Waals surface area contributed by atoms with Gasteiger partial charge in [0.15, 0.2) is 0 Å². The Bertz CT molecular complexity index is 296. The second-order valence-electron chi connectivity index (χ2n) is 3.53. The first-order valence-electron chi connectivity index (χ1n) is 5.06. The zero-order valence-corrected chi connectivity index (χ0v) is 9.74. The van der Waals surface area contributed by atoms with Crippen molar-refractivity contribution in [1.29, 1.82) is 0 Å². The number of hydrogen-bond acceptors (Lipinski definition) is 3. The van der Waals surface area contributed by atoms with Crippen LogP contribution in [0.1, 0.15) is 25.3 Å². The highest BCUT2D eigenvalue weighted by Gasteiger charge is 2.04. The molecule has 0 amide bonds. The normalized spacial score (nSPS) is 12.1. The smallest absolute Gasteiger partial charge is 0.306 e. The van der Waals surface area contributed by atoms with Gasteiger partial charge in [-0.1, -0.05) is 37.3 Å².